The molecule has 1 heterocycles. The zero-order valence-electron chi connectivity index (χ0n) is 12.3. The van der Waals surface area contributed by atoms with Crippen molar-refractivity contribution in [3.8, 4) is 11.5 Å². The number of carbonyl (C=O) groups is 1. The lowest BCUT2D eigenvalue weighted by molar-refractivity contribution is 0.124. The summed E-state index contributed by atoms with van der Waals surface area (Å²) in [7, 11) is 1.47. The summed E-state index contributed by atoms with van der Waals surface area (Å²) in [6, 6.07) is 4.44. The van der Waals surface area contributed by atoms with Gasteiger partial charge >= 0.3 is 6.09 Å². The van der Waals surface area contributed by atoms with Gasteiger partial charge in [-0.15, -0.1) is 12.4 Å². The van der Waals surface area contributed by atoms with Gasteiger partial charge in [0.1, 0.15) is 5.75 Å². The van der Waals surface area contributed by atoms with Gasteiger partial charge in [0.05, 0.1) is 13.7 Å². The highest BCUT2D eigenvalue weighted by atomic mass is 35.5. The summed E-state index contributed by atoms with van der Waals surface area (Å²) in [5, 5.41) is 12.2. The zero-order valence-corrected chi connectivity index (χ0v) is 13.1. The highest BCUT2D eigenvalue weighted by molar-refractivity contribution is 5.85. The monoisotopic (exact) mass is 334 g/mol. The van der Waals surface area contributed by atoms with Gasteiger partial charge in [0.15, 0.2) is 11.6 Å². The molecular formula is C14H20ClFN2O4. The number of methoxy groups -OCH3 is 1. The molecule has 1 aromatic carbocycles. The molecule has 0 unspecified atom stereocenters. The fourth-order valence-electron chi connectivity index (χ4n) is 2.23. The van der Waals surface area contributed by atoms with Crippen molar-refractivity contribution < 1.29 is 23.8 Å². The van der Waals surface area contributed by atoms with Crippen LogP contribution in [0.3, 0.4) is 0 Å². The second kappa shape index (κ2) is 8.65. The quantitative estimate of drug-likeness (QED) is 0.861. The minimum atomic E-state index is -0.913. The van der Waals surface area contributed by atoms with E-state index in [1.165, 1.54) is 24.1 Å². The number of hydrogen-bond acceptors (Lipinski definition) is 4. The molecular weight excluding hydrogens is 315 g/mol. The van der Waals surface area contributed by atoms with E-state index in [0.717, 1.165) is 0 Å². The molecule has 1 atom stereocenters. The second-order valence-electron chi connectivity index (χ2n) is 4.81. The Hall–Kier alpha value is -1.73. The number of nitrogens with zero attached hydrogens (tertiary/aromatic N) is 1. The van der Waals surface area contributed by atoms with Crippen molar-refractivity contribution in [1.82, 2.24) is 10.2 Å². The largest absolute Gasteiger partial charge is 0.497 e. The molecule has 22 heavy (non-hydrogen) atoms. The average molecular weight is 335 g/mol. The molecule has 1 saturated heterocycles. The fraction of sp³-hybridized carbons (Fsp3) is 0.500. The molecule has 1 aromatic rings. The Kier molecular flexibility index (Phi) is 7.20. The van der Waals surface area contributed by atoms with E-state index < -0.39 is 11.9 Å². The van der Waals surface area contributed by atoms with Crippen LogP contribution in [0.4, 0.5) is 9.18 Å². The van der Waals surface area contributed by atoms with E-state index in [1.54, 1.807) is 6.07 Å². The summed E-state index contributed by atoms with van der Waals surface area (Å²) < 4.78 is 24.0. The van der Waals surface area contributed by atoms with Crippen LogP contribution in [-0.2, 0) is 0 Å². The lowest BCUT2D eigenvalue weighted by Gasteiger charge is -2.31. The number of ether oxygens (including phenoxy) is 2. The topological polar surface area (TPSA) is 71.0 Å². The molecule has 0 aromatic heterocycles. The second-order valence-corrected chi connectivity index (χ2v) is 4.81. The van der Waals surface area contributed by atoms with E-state index in [9.17, 15) is 9.18 Å². The standard InChI is InChI=1S/C14H19FN2O4.ClH/c1-20-11-2-3-13(12(15)8-11)21-7-4-10-9-17(14(18)19)6-5-16-10;/h2-3,8,10,16H,4-7,9H2,1H3,(H,18,19);1H/t10-;/m1./s1. The summed E-state index contributed by atoms with van der Waals surface area (Å²) in [5.74, 6) is 0.130. The van der Waals surface area contributed by atoms with E-state index in [0.29, 0.717) is 38.4 Å². The van der Waals surface area contributed by atoms with Crippen LogP contribution in [0.15, 0.2) is 18.2 Å². The minimum Gasteiger partial charge on any atom is -0.497 e. The van der Waals surface area contributed by atoms with Gasteiger partial charge in [-0.25, -0.2) is 9.18 Å². The van der Waals surface area contributed by atoms with Crippen LogP contribution < -0.4 is 14.8 Å². The lowest BCUT2D eigenvalue weighted by atomic mass is 10.1. The van der Waals surface area contributed by atoms with E-state index in [4.69, 9.17) is 14.6 Å². The number of nitrogens with one attached hydrogen (secondary N) is 1. The van der Waals surface area contributed by atoms with E-state index in [-0.39, 0.29) is 24.2 Å². The van der Waals surface area contributed by atoms with Gasteiger partial charge in [-0.1, -0.05) is 0 Å². The molecule has 6 nitrogen and oxygen atoms in total. The zero-order chi connectivity index (χ0) is 15.2. The molecule has 0 bridgehead atoms. The Balaban J connectivity index is 0.00000242. The van der Waals surface area contributed by atoms with Gasteiger partial charge < -0.3 is 24.8 Å². The van der Waals surface area contributed by atoms with Gasteiger partial charge in [-0.2, -0.15) is 0 Å². The molecule has 1 aliphatic rings. The normalized spacial score (nSPS) is 17.5. The molecule has 0 radical (unpaired) electrons. The van der Waals surface area contributed by atoms with Gasteiger partial charge in [0, 0.05) is 31.7 Å². The summed E-state index contributed by atoms with van der Waals surface area (Å²) >= 11 is 0. The summed E-state index contributed by atoms with van der Waals surface area (Å²) in [6.07, 6.45) is -0.307. The Morgan fingerprint density at radius 1 is 1.55 bits per heavy atom. The number of carboxylic acid groups (broad SMARTS) is 1. The summed E-state index contributed by atoms with van der Waals surface area (Å²) in [5.41, 5.74) is 0. The number of hydrogen-bond donors (Lipinski definition) is 2. The predicted octanol–water partition coefficient (Wildman–Crippen LogP) is 1.98. The lowest BCUT2D eigenvalue weighted by Crippen LogP contribution is -2.52. The molecule has 8 heteroatoms. The molecule has 0 aliphatic carbocycles. The van der Waals surface area contributed by atoms with Crippen LogP contribution in [0, 0.1) is 5.82 Å². The first-order valence-electron chi connectivity index (χ1n) is 6.77. The van der Waals surface area contributed by atoms with Crippen LogP contribution in [0.25, 0.3) is 0 Å². The maximum Gasteiger partial charge on any atom is 0.407 e. The van der Waals surface area contributed by atoms with Gasteiger partial charge in [0.2, 0.25) is 0 Å². The Labute approximate surface area is 134 Å². The first-order valence-corrected chi connectivity index (χ1v) is 6.77. The van der Waals surface area contributed by atoms with E-state index >= 15 is 0 Å². The molecule has 2 N–H and O–H groups in total. The van der Waals surface area contributed by atoms with Crippen molar-refractivity contribution in [3.05, 3.63) is 24.0 Å². The van der Waals surface area contributed by atoms with Crippen molar-refractivity contribution >= 4 is 18.5 Å². The van der Waals surface area contributed by atoms with Gasteiger partial charge in [-0.3, -0.25) is 0 Å². The van der Waals surface area contributed by atoms with E-state index in [2.05, 4.69) is 5.32 Å². The SMILES string of the molecule is COc1ccc(OCC[C@@H]2CN(C(=O)O)CCN2)c(F)c1.Cl. The van der Waals surface area contributed by atoms with Crippen molar-refractivity contribution in [2.45, 2.75) is 12.5 Å². The Bertz CT molecular complexity index is 504. The Morgan fingerprint density at radius 2 is 2.32 bits per heavy atom. The van der Waals surface area contributed by atoms with Crippen LogP contribution in [0.5, 0.6) is 11.5 Å². The van der Waals surface area contributed by atoms with Gasteiger partial charge in [0.25, 0.3) is 0 Å². The summed E-state index contributed by atoms with van der Waals surface area (Å²) in [4.78, 5) is 12.3. The first-order chi connectivity index (χ1) is 10.1. The minimum absolute atomic E-state index is 0. The third-order valence-electron chi connectivity index (χ3n) is 3.39. The van der Waals surface area contributed by atoms with Gasteiger partial charge in [-0.05, 0) is 18.6 Å². The fourth-order valence-corrected chi connectivity index (χ4v) is 2.23. The Morgan fingerprint density at radius 3 is 2.95 bits per heavy atom. The van der Waals surface area contributed by atoms with Crippen molar-refractivity contribution in [2.75, 3.05) is 33.4 Å². The molecule has 0 spiro atoms. The van der Waals surface area contributed by atoms with Crippen molar-refractivity contribution in [1.29, 1.82) is 0 Å². The van der Waals surface area contributed by atoms with E-state index in [1.807, 2.05) is 0 Å². The van der Waals surface area contributed by atoms with Crippen molar-refractivity contribution in [2.24, 2.45) is 0 Å². The number of amides is 1. The molecule has 1 amide bonds. The van der Waals surface area contributed by atoms with Crippen LogP contribution in [0.2, 0.25) is 0 Å². The molecule has 0 saturated carbocycles. The molecule has 1 fully saturated rings. The third kappa shape index (κ3) is 4.92. The van der Waals surface area contributed by atoms with Crippen LogP contribution >= 0.6 is 12.4 Å². The van der Waals surface area contributed by atoms with Crippen LogP contribution in [0.1, 0.15) is 6.42 Å². The van der Waals surface area contributed by atoms with Crippen LogP contribution in [-0.4, -0.2) is 55.5 Å². The highest BCUT2D eigenvalue weighted by Gasteiger charge is 2.22. The maximum absolute atomic E-state index is 13.7. The average Bonchev–Trinajstić information content (AvgIpc) is 2.49. The number of piperazine rings is 1. The molecule has 124 valence electrons. The number of rotatable bonds is 5. The molecule has 2 rings (SSSR count). The predicted molar refractivity (Wildman–Crippen MR) is 81.7 cm³/mol. The number of halogens is 2. The first kappa shape index (κ1) is 18.3. The molecule has 1 aliphatic heterocycles. The highest BCUT2D eigenvalue weighted by Crippen LogP contribution is 2.22. The van der Waals surface area contributed by atoms with Crippen molar-refractivity contribution in [3.63, 3.8) is 0 Å². The number of benzene rings is 1. The maximum atomic E-state index is 13.7. The smallest absolute Gasteiger partial charge is 0.407 e. The third-order valence-corrected chi connectivity index (χ3v) is 3.39. The summed E-state index contributed by atoms with van der Waals surface area (Å²) in [6.45, 7) is 1.84.